The fourth-order valence-corrected chi connectivity index (χ4v) is 1.62. The second kappa shape index (κ2) is 4.47. The summed E-state index contributed by atoms with van der Waals surface area (Å²) < 4.78 is 0. The number of aryl methyl sites for hydroxylation is 1. The van der Waals surface area contributed by atoms with E-state index in [2.05, 4.69) is 4.98 Å². The third-order valence-electron chi connectivity index (χ3n) is 2.50. The van der Waals surface area contributed by atoms with Crippen LogP contribution in [-0.4, -0.2) is 22.2 Å². The van der Waals surface area contributed by atoms with Crippen molar-refractivity contribution >= 4 is 12.6 Å². The summed E-state index contributed by atoms with van der Waals surface area (Å²) in [6, 6.07) is 11.1. The monoisotopic (exact) mass is 213 g/mol. The molecule has 0 aliphatic rings. The summed E-state index contributed by atoms with van der Waals surface area (Å²) in [7, 11) is -1.45. The molecule has 1 aromatic carbocycles. The van der Waals surface area contributed by atoms with E-state index in [0.29, 0.717) is 5.46 Å². The molecule has 4 heteroatoms. The van der Waals surface area contributed by atoms with Crippen LogP contribution in [0.3, 0.4) is 0 Å². The predicted octanol–water partition coefficient (Wildman–Crippen LogP) is 0.737. The lowest BCUT2D eigenvalue weighted by Gasteiger charge is -2.06. The van der Waals surface area contributed by atoms with Crippen molar-refractivity contribution in [2.75, 3.05) is 0 Å². The van der Waals surface area contributed by atoms with Gasteiger partial charge in [-0.2, -0.15) is 0 Å². The van der Waals surface area contributed by atoms with Crippen molar-refractivity contribution in [3.8, 4) is 11.3 Å². The second-order valence-corrected chi connectivity index (χ2v) is 3.66. The molecule has 2 N–H and O–H groups in total. The molecule has 0 aliphatic heterocycles. The molecule has 0 unspecified atom stereocenters. The summed E-state index contributed by atoms with van der Waals surface area (Å²) in [6.45, 7) is 2.00. The quantitative estimate of drug-likeness (QED) is 0.723. The number of benzene rings is 1. The highest BCUT2D eigenvalue weighted by Crippen LogP contribution is 2.19. The third-order valence-corrected chi connectivity index (χ3v) is 2.50. The summed E-state index contributed by atoms with van der Waals surface area (Å²) in [5.74, 6) is 0. The number of nitrogens with zero attached hydrogens (tertiary/aromatic N) is 1. The van der Waals surface area contributed by atoms with Crippen LogP contribution in [0.25, 0.3) is 11.3 Å². The second-order valence-electron chi connectivity index (χ2n) is 3.66. The molecule has 2 rings (SSSR count). The van der Waals surface area contributed by atoms with E-state index in [1.165, 1.54) is 0 Å². The molecule has 0 spiro atoms. The lowest BCUT2D eigenvalue weighted by Crippen LogP contribution is -2.29. The average molecular weight is 213 g/mol. The Bertz CT molecular complexity index is 500. The summed E-state index contributed by atoms with van der Waals surface area (Å²) in [4.78, 5) is 4.23. The zero-order chi connectivity index (χ0) is 11.5. The van der Waals surface area contributed by atoms with Gasteiger partial charge in [-0.1, -0.05) is 24.3 Å². The van der Waals surface area contributed by atoms with Crippen molar-refractivity contribution in [2.24, 2.45) is 0 Å². The van der Waals surface area contributed by atoms with Gasteiger partial charge < -0.3 is 10.0 Å². The van der Waals surface area contributed by atoms with Crippen molar-refractivity contribution in [1.82, 2.24) is 4.98 Å². The Balaban J connectivity index is 2.49. The standard InChI is InChI=1S/C12H12BNO2/c1-9-4-2-3-5-11(9)12-8-10(13(15)16)6-7-14-12/h2-8,15-16H,1H3. The SMILES string of the molecule is Cc1ccccc1-c1cc(B(O)O)ccn1. The maximum Gasteiger partial charge on any atom is 0.488 e. The van der Waals surface area contributed by atoms with Gasteiger partial charge in [-0.05, 0) is 30.1 Å². The molecule has 3 nitrogen and oxygen atoms in total. The molecular weight excluding hydrogens is 201 g/mol. The lowest BCUT2D eigenvalue weighted by atomic mass is 9.80. The van der Waals surface area contributed by atoms with Crippen LogP contribution >= 0.6 is 0 Å². The summed E-state index contributed by atoms with van der Waals surface area (Å²) in [6.07, 6.45) is 1.58. The minimum Gasteiger partial charge on any atom is -0.423 e. The van der Waals surface area contributed by atoms with Crippen molar-refractivity contribution < 1.29 is 10.0 Å². The molecule has 1 heterocycles. The van der Waals surface area contributed by atoms with Crippen LogP contribution in [-0.2, 0) is 0 Å². The minimum atomic E-state index is -1.45. The van der Waals surface area contributed by atoms with E-state index in [0.717, 1.165) is 16.8 Å². The largest absolute Gasteiger partial charge is 0.488 e. The fourth-order valence-electron chi connectivity index (χ4n) is 1.62. The Kier molecular flexibility index (Phi) is 3.03. The molecule has 0 amide bonds. The van der Waals surface area contributed by atoms with Crippen LogP contribution in [0.2, 0.25) is 0 Å². The number of pyridine rings is 1. The smallest absolute Gasteiger partial charge is 0.423 e. The van der Waals surface area contributed by atoms with Gasteiger partial charge in [-0.25, -0.2) is 0 Å². The molecule has 0 saturated heterocycles. The van der Waals surface area contributed by atoms with Gasteiger partial charge in [0.05, 0.1) is 5.69 Å². The average Bonchev–Trinajstić information content (AvgIpc) is 2.30. The Morgan fingerprint density at radius 1 is 1.12 bits per heavy atom. The van der Waals surface area contributed by atoms with E-state index in [1.54, 1.807) is 18.3 Å². The van der Waals surface area contributed by atoms with Crippen molar-refractivity contribution in [1.29, 1.82) is 0 Å². The molecule has 0 radical (unpaired) electrons. The molecule has 16 heavy (non-hydrogen) atoms. The van der Waals surface area contributed by atoms with Gasteiger partial charge in [-0.15, -0.1) is 0 Å². The Morgan fingerprint density at radius 2 is 1.88 bits per heavy atom. The van der Waals surface area contributed by atoms with E-state index in [-0.39, 0.29) is 0 Å². The van der Waals surface area contributed by atoms with E-state index in [1.807, 2.05) is 31.2 Å². The lowest BCUT2D eigenvalue weighted by molar-refractivity contribution is 0.425. The van der Waals surface area contributed by atoms with Crippen molar-refractivity contribution in [3.05, 3.63) is 48.2 Å². The molecule has 1 aromatic heterocycles. The van der Waals surface area contributed by atoms with E-state index < -0.39 is 7.12 Å². The first-order chi connectivity index (χ1) is 7.68. The number of rotatable bonds is 2. The van der Waals surface area contributed by atoms with E-state index in [9.17, 15) is 0 Å². The van der Waals surface area contributed by atoms with Crippen LogP contribution in [0, 0.1) is 6.92 Å². The molecule has 0 bridgehead atoms. The highest BCUT2D eigenvalue weighted by atomic mass is 16.4. The molecule has 0 saturated carbocycles. The summed E-state index contributed by atoms with van der Waals surface area (Å²) >= 11 is 0. The number of hydrogen-bond donors (Lipinski definition) is 2. The fraction of sp³-hybridized carbons (Fsp3) is 0.0833. The maximum absolute atomic E-state index is 9.09. The number of hydrogen-bond acceptors (Lipinski definition) is 3. The zero-order valence-corrected chi connectivity index (χ0v) is 8.96. The van der Waals surface area contributed by atoms with Crippen molar-refractivity contribution in [3.63, 3.8) is 0 Å². The van der Waals surface area contributed by atoms with Gasteiger partial charge in [0.2, 0.25) is 0 Å². The van der Waals surface area contributed by atoms with Gasteiger partial charge >= 0.3 is 7.12 Å². The van der Waals surface area contributed by atoms with Crippen LogP contribution in [0.5, 0.6) is 0 Å². The first-order valence-electron chi connectivity index (χ1n) is 5.06. The van der Waals surface area contributed by atoms with Gasteiger partial charge in [0.15, 0.2) is 0 Å². The maximum atomic E-state index is 9.09. The van der Waals surface area contributed by atoms with Gasteiger partial charge in [-0.3, -0.25) is 4.98 Å². The van der Waals surface area contributed by atoms with Crippen molar-refractivity contribution in [2.45, 2.75) is 6.92 Å². The third kappa shape index (κ3) is 2.13. The topological polar surface area (TPSA) is 53.4 Å². The van der Waals surface area contributed by atoms with Crippen LogP contribution in [0.4, 0.5) is 0 Å². The molecule has 0 aliphatic carbocycles. The molecular formula is C12H12BNO2. The number of aromatic nitrogens is 1. The molecule has 80 valence electrons. The van der Waals surface area contributed by atoms with E-state index >= 15 is 0 Å². The summed E-state index contributed by atoms with van der Waals surface area (Å²) in [5.41, 5.74) is 3.32. The Labute approximate surface area is 94.6 Å². The van der Waals surface area contributed by atoms with Gasteiger partial charge in [0.25, 0.3) is 0 Å². The van der Waals surface area contributed by atoms with Gasteiger partial charge in [0, 0.05) is 11.8 Å². The minimum absolute atomic E-state index is 0.452. The first kappa shape index (κ1) is 10.9. The van der Waals surface area contributed by atoms with Crippen LogP contribution in [0.15, 0.2) is 42.6 Å². The summed E-state index contributed by atoms with van der Waals surface area (Å²) in [5, 5.41) is 18.2. The molecule has 2 aromatic rings. The Hall–Kier alpha value is -1.65. The van der Waals surface area contributed by atoms with E-state index in [4.69, 9.17) is 10.0 Å². The zero-order valence-electron chi connectivity index (χ0n) is 8.96. The Morgan fingerprint density at radius 3 is 2.56 bits per heavy atom. The normalized spacial score (nSPS) is 10.2. The highest BCUT2D eigenvalue weighted by molar-refractivity contribution is 6.58. The first-order valence-corrected chi connectivity index (χ1v) is 5.06. The van der Waals surface area contributed by atoms with Crippen LogP contribution < -0.4 is 5.46 Å². The highest BCUT2D eigenvalue weighted by Gasteiger charge is 2.12. The van der Waals surface area contributed by atoms with Gasteiger partial charge in [0.1, 0.15) is 0 Å². The predicted molar refractivity (Wildman–Crippen MR) is 64.2 cm³/mol. The van der Waals surface area contributed by atoms with Crippen LogP contribution in [0.1, 0.15) is 5.56 Å². The molecule has 0 fully saturated rings. The molecule has 0 atom stereocenters.